The fourth-order valence-electron chi connectivity index (χ4n) is 2.09. The van der Waals surface area contributed by atoms with Crippen LogP contribution in [-0.2, 0) is 0 Å². The van der Waals surface area contributed by atoms with Gasteiger partial charge in [-0.05, 0) is 31.2 Å². The monoisotopic (exact) mass is 358 g/mol. The van der Waals surface area contributed by atoms with E-state index in [1.807, 2.05) is 31.2 Å². The summed E-state index contributed by atoms with van der Waals surface area (Å²) in [5.41, 5.74) is 0.931. The highest BCUT2D eigenvalue weighted by atomic mass is 32.1. The zero-order valence-corrected chi connectivity index (χ0v) is 14.1. The Labute approximate surface area is 147 Å². The van der Waals surface area contributed by atoms with Crippen LogP contribution < -0.4 is 15.4 Å². The summed E-state index contributed by atoms with van der Waals surface area (Å²) < 4.78 is 19.0. The number of carbonyl (C=O) groups is 1. The van der Waals surface area contributed by atoms with E-state index in [-0.39, 0.29) is 5.69 Å². The van der Waals surface area contributed by atoms with Gasteiger partial charge in [0.2, 0.25) is 5.13 Å². The van der Waals surface area contributed by atoms with Crippen LogP contribution in [0.5, 0.6) is 5.75 Å². The number of hydrogen-bond acceptors (Lipinski definition) is 5. The maximum Gasteiger partial charge on any atom is 0.325 e. The molecule has 0 aliphatic rings. The molecule has 0 spiro atoms. The zero-order chi connectivity index (χ0) is 17.6. The van der Waals surface area contributed by atoms with Crippen LogP contribution in [0, 0.1) is 5.82 Å². The molecule has 0 saturated carbocycles. The number of nitrogens with one attached hydrogen (secondary N) is 2. The molecular formula is C17H15FN4O2S. The van der Waals surface area contributed by atoms with Gasteiger partial charge in [-0.25, -0.2) is 9.18 Å². The normalized spacial score (nSPS) is 10.3. The van der Waals surface area contributed by atoms with Gasteiger partial charge in [-0.2, -0.15) is 0 Å². The lowest BCUT2D eigenvalue weighted by atomic mass is 10.2. The highest BCUT2D eigenvalue weighted by Gasteiger charge is 2.11. The Morgan fingerprint density at radius 1 is 1.16 bits per heavy atom. The number of amides is 2. The smallest absolute Gasteiger partial charge is 0.325 e. The maximum absolute atomic E-state index is 13.5. The van der Waals surface area contributed by atoms with Crippen LogP contribution in [0.15, 0.2) is 48.5 Å². The number of aromatic nitrogens is 2. The van der Waals surface area contributed by atoms with Crippen molar-refractivity contribution in [2.75, 3.05) is 17.2 Å². The number of benzene rings is 2. The van der Waals surface area contributed by atoms with Crippen molar-refractivity contribution in [1.82, 2.24) is 10.2 Å². The third-order valence-electron chi connectivity index (χ3n) is 3.16. The summed E-state index contributed by atoms with van der Waals surface area (Å²) in [4.78, 5) is 11.9. The number of hydrogen-bond donors (Lipinski definition) is 2. The third kappa shape index (κ3) is 4.30. The van der Waals surface area contributed by atoms with Gasteiger partial charge in [0.15, 0.2) is 0 Å². The van der Waals surface area contributed by atoms with Crippen molar-refractivity contribution in [3.8, 4) is 16.3 Å². The molecule has 0 bridgehead atoms. The zero-order valence-electron chi connectivity index (χ0n) is 13.3. The van der Waals surface area contributed by atoms with E-state index in [2.05, 4.69) is 20.8 Å². The molecule has 0 saturated heterocycles. The summed E-state index contributed by atoms with van der Waals surface area (Å²) in [6.45, 7) is 2.48. The summed E-state index contributed by atoms with van der Waals surface area (Å²) in [6.07, 6.45) is 0. The van der Waals surface area contributed by atoms with Gasteiger partial charge in [0.05, 0.1) is 12.3 Å². The number of para-hydroxylation sites is 1. The Morgan fingerprint density at radius 3 is 2.80 bits per heavy atom. The number of nitrogens with zero attached hydrogens (tertiary/aromatic N) is 2. The van der Waals surface area contributed by atoms with E-state index in [9.17, 15) is 9.18 Å². The molecule has 3 rings (SSSR count). The van der Waals surface area contributed by atoms with Crippen molar-refractivity contribution >= 4 is 28.2 Å². The first-order chi connectivity index (χ1) is 12.2. The SMILES string of the molecule is CCOc1cccc(-c2nnc(NC(=O)Nc3ccccc3F)s2)c1. The quantitative estimate of drug-likeness (QED) is 0.709. The minimum atomic E-state index is -0.587. The maximum atomic E-state index is 13.5. The van der Waals surface area contributed by atoms with E-state index < -0.39 is 11.8 Å². The molecule has 6 nitrogen and oxygen atoms in total. The number of carbonyl (C=O) groups excluding carboxylic acids is 1. The van der Waals surface area contributed by atoms with Crippen molar-refractivity contribution in [2.45, 2.75) is 6.92 Å². The molecular weight excluding hydrogens is 343 g/mol. The summed E-state index contributed by atoms with van der Waals surface area (Å²) in [6, 6.07) is 12.8. The number of ether oxygens (including phenoxy) is 1. The highest BCUT2D eigenvalue weighted by molar-refractivity contribution is 7.18. The van der Waals surface area contributed by atoms with Gasteiger partial charge in [-0.3, -0.25) is 5.32 Å². The van der Waals surface area contributed by atoms with Gasteiger partial charge in [0.1, 0.15) is 16.6 Å². The van der Waals surface area contributed by atoms with Gasteiger partial charge >= 0.3 is 6.03 Å². The molecule has 25 heavy (non-hydrogen) atoms. The number of halogens is 1. The predicted molar refractivity (Wildman–Crippen MR) is 95.6 cm³/mol. The lowest BCUT2D eigenvalue weighted by Crippen LogP contribution is -2.19. The van der Waals surface area contributed by atoms with Crippen molar-refractivity contribution < 1.29 is 13.9 Å². The molecule has 2 amide bonds. The molecule has 0 unspecified atom stereocenters. The summed E-state index contributed by atoms with van der Waals surface area (Å²) in [7, 11) is 0. The second-order valence-electron chi connectivity index (χ2n) is 4.93. The van der Waals surface area contributed by atoms with E-state index in [1.54, 1.807) is 12.1 Å². The van der Waals surface area contributed by atoms with E-state index in [4.69, 9.17) is 4.74 Å². The summed E-state index contributed by atoms with van der Waals surface area (Å²) in [5, 5.41) is 13.9. The highest BCUT2D eigenvalue weighted by Crippen LogP contribution is 2.29. The largest absolute Gasteiger partial charge is 0.494 e. The number of urea groups is 1. The Balaban J connectivity index is 1.68. The van der Waals surface area contributed by atoms with Crippen molar-refractivity contribution in [2.24, 2.45) is 0 Å². The molecule has 0 aliphatic carbocycles. The van der Waals surface area contributed by atoms with Crippen molar-refractivity contribution in [3.05, 3.63) is 54.3 Å². The Morgan fingerprint density at radius 2 is 2.00 bits per heavy atom. The molecule has 2 N–H and O–H groups in total. The first-order valence-corrected chi connectivity index (χ1v) is 8.36. The molecule has 8 heteroatoms. The fraction of sp³-hybridized carbons (Fsp3) is 0.118. The van der Waals surface area contributed by atoms with Crippen molar-refractivity contribution in [3.63, 3.8) is 0 Å². The Hall–Kier alpha value is -3.00. The summed E-state index contributed by atoms with van der Waals surface area (Å²) >= 11 is 1.21. The van der Waals surface area contributed by atoms with Crippen molar-refractivity contribution in [1.29, 1.82) is 0 Å². The minimum absolute atomic E-state index is 0.0918. The minimum Gasteiger partial charge on any atom is -0.494 e. The average molecular weight is 358 g/mol. The number of anilines is 2. The van der Waals surface area contributed by atoms with Crippen LogP contribution in [0.25, 0.3) is 10.6 Å². The molecule has 1 aromatic heterocycles. The molecule has 2 aromatic carbocycles. The molecule has 0 atom stereocenters. The van der Waals surface area contributed by atoms with Crippen LogP contribution in [0.4, 0.5) is 20.0 Å². The van der Waals surface area contributed by atoms with Gasteiger partial charge in [-0.1, -0.05) is 35.6 Å². The van der Waals surface area contributed by atoms with Gasteiger partial charge in [0, 0.05) is 5.56 Å². The second kappa shape index (κ2) is 7.71. The van der Waals surface area contributed by atoms with Crippen LogP contribution in [-0.4, -0.2) is 22.8 Å². The van der Waals surface area contributed by atoms with E-state index >= 15 is 0 Å². The second-order valence-corrected chi connectivity index (χ2v) is 5.91. The summed E-state index contributed by atoms with van der Waals surface area (Å²) in [5.74, 6) is 0.227. The Bertz CT molecular complexity index is 884. The molecule has 128 valence electrons. The fourth-order valence-corrected chi connectivity index (χ4v) is 2.82. The van der Waals surface area contributed by atoms with E-state index in [0.717, 1.165) is 11.3 Å². The number of rotatable bonds is 5. The van der Waals surface area contributed by atoms with E-state index in [1.165, 1.54) is 23.5 Å². The first-order valence-electron chi connectivity index (χ1n) is 7.55. The molecule has 0 aliphatic heterocycles. The molecule has 0 radical (unpaired) electrons. The molecule has 0 fully saturated rings. The standard InChI is InChI=1S/C17H15FN4O2S/c1-2-24-12-7-5-6-11(10-12)15-21-22-17(25-15)20-16(23)19-14-9-4-3-8-13(14)18/h3-10H,2H2,1H3,(H2,19,20,22,23). The topological polar surface area (TPSA) is 76.1 Å². The average Bonchev–Trinajstić information content (AvgIpc) is 3.06. The van der Waals surface area contributed by atoms with Crippen LogP contribution in [0.3, 0.4) is 0 Å². The lowest BCUT2D eigenvalue weighted by Gasteiger charge is -2.05. The lowest BCUT2D eigenvalue weighted by molar-refractivity contribution is 0.262. The predicted octanol–water partition coefficient (Wildman–Crippen LogP) is 4.39. The van der Waals surface area contributed by atoms with E-state index in [0.29, 0.717) is 16.7 Å². The first kappa shape index (κ1) is 16.8. The Kier molecular flexibility index (Phi) is 5.20. The van der Waals surface area contributed by atoms with Gasteiger partial charge in [-0.15, -0.1) is 10.2 Å². The van der Waals surface area contributed by atoms with Crippen LogP contribution in [0.1, 0.15) is 6.92 Å². The molecule has 3 aromatic rings. The van der Waals surface area contributed by atoms with Gasteiger partial charge in [0.25, 0.3) is 0 Å². The molecule has 1 heterocycles. The van der Waals surface area contributed by atoms with Crippen LogP contribution in [0.2, 0.25) is 0 Å². The third-order valence-corrected chi connectivity index (χ3v) is 4.05. The van der Waals surface area contributed by atoms with Gasteiger partial charge < -0.3 is 10.1 Å². The van der Waals surface area contributed by atoms with Crippen LogP contribution >= 0.6 is 11.3 Å².